The fraction of sp³-hybridized carbons (Fsp3) is 0.429. The molecule has 20 heavy (non-hydrogen) atoms. The van der Waals surface area contributed by atoms with Crippen molar-refractivity contribution in [3.8, 4) is 0 Å². The van der Waals surface area contributed by atoms with Crippen LogP contribution >= 0.6 is 11.8 Å². The van der Waals surface area contributed by atoms with Crippen molar-refractivity contribution in [2.24, 2.45) is 10.9 Å². The lowest BCUT2D eigenvalue weighted by Gasteiger charge is -2.18. The lowest BCUT2D eigenvalue weighted by molar-refractivity contribution is -0.120. The average molecular weight is 293 g/mol. The van der Waals surface area contributed by atoms with E-state index < -0.39 is 6.04 Å². The van der Waals surface area contributed by atoms with Crippen LogP contribution in [0.5, 0.6) is 0 Å². The largest absolute Gasteiger partial charge is 0.409 e. The van der Waals surface area contributed by atoms with Crippen LogP contribution in [0.25, 0.3) is 0 Å². The zero-order chi connectivity index (χ0) is 14.5. The quantitative estimate of drug-likeness (QED) is 0.334. The van der Waals surface area contributed by atoms with Gasteiger partial charge in [-0.05, 0) is 24.5 Å². The first-order chi connectivity index (χ1) is 9.65. The van der Waals surface area contributed by atoms with Gasteiger partial charge in [-0.3, -0.25) is 4.79 Å². The third kappa shape index (κ3) is 3.25. The van der Waals surface area contributed by atoms with Gasteiger partial charge >= 0.3 is 0 Å². The molecule has 0 aromatic heterocycles. The molecule has 1 aliphatic rings. The Morgan fingerprint density at radius 2 is 2.35 bits per heavy atom. The van der Waals surface area contributed by atoms with Crippen molar-refractivity contribution in [2.45, 2.75) is 42.4 Å². The summed E-state index contributed by atoms with van der Waals surface area (Å²) >= 11 is 1.57. The van der Waals surface area contributed by atoms with Crippen LogP contribution in [0.3, 0.4) is 0 Å². The number of amides is 1. The fourth-order valence-corrected chi connectivity index (χ4v) is 3.45. The summed E-state index contributed by atoms with van der Waals surface area (Å²) in [5, 5.41) is 14.5. The number of nitrogens with one attached hydrogen (secondary N) is 1. The molecular formula is C14H19N3O2S. The Hall–Kier alpha value is -1.69. The summed E-state index contributed by atoms with van der Waals surface area (Å²) in [4.78, 5) is 13.5. The third-order valence-corrected chi connectivity index (χ3v) is 4.62. The SMILES string of the molecule is CCCC(NC(=O)C1Cc2ccccc2S1)C(N)=NO. The topological polar surface area (TPSA) is 87.7 Å². The zero-order valence-electron chi connectivity index (χ0n) is 11.4. The number of oxime groups is 1. The molecule has 0 aliphatic carbocycles. The Bertz CT molecular complexity index is 494. The van der Waals surface area contributed by atoms with E-state index in [4.69, 9.17) is 10.9 Å². The summed E-state index contributed by atoms with van der Waals surface area (Å²) in [7, 11) is 0. The zero-order valence-corrected chi connectivity index (χ0v) is 12.2. The van der Waals surface area contributed by atoms with Gasteiger partial charge in [-0.2, -0.15) is 0 Å². The number of fused-ring (bicyclic) bond motifs is 1. The number of thioether (sulfide) groups is 1. The number of nitrogens with zero attached hydrogens (tertiary/aromatic N) is 1. The van der Waals surface area contributed by atoms with Crippen LogP contribution in [-0.4, -0.2) is 28.2 Å². The number of amidine groups is 1. The van der Waals surface area contributed by atoms with E-state index in [-0.39, 0.29) is 17.0 Å². The van der Waals surface area contributed by atoms with Crippen molar-refractivity contribution in [1.29, 1.82) is 0 Å². The maximum Gasteiger partial charge on any atom is 0.234 e. The predicted molar refractivity (Wildman–Crippen MR) is 80.0 cm³/mol. The Morgan fingerprint density at radius 1 is 1.60 bits per heavy atom. The van der Waals surface area contributed by atoms with Crippen LogP contribution in [0.15, 0.2) is 34.3 Å². The molecule has 2 unspecified atom stereocenters. The predicted octanol–water partition coefficient (Wildman–Crippen LogP) is 1.73. The Balaban J connectivity index is 1.99. The molecule has 0 spiro atoms. The van der Waals surface area contributed by atoms with Gasteiger partial charge in [0.2, 0.25) is 5.91 Å². The lowest BCUT2D eigenvalue weighted by Crippen LogP contribution is -2.47. The number of hydrogen-bond donors (Lipinski definition) is 3. The maximum atomic E-state index is 12.3. The van der Waals surface area contributed by atoms with Gasteiger partial charge in [0.15, 0.2) is 5.84 Å². The minimum absolute atomic E-state index is 0.0562. The molecule has 0 radical (unpaired) electrons. The molecular weight excluding hydrogens is 274 g/mol. The molecule has 2 rings (SSSR count). The van der Waals surface area contributed by atoms with Crippen LogP contribution in [0.4, 0.5) is 0 Å². The van der Waals surface area contributed by atoms with E-state index in [1.54, 1.807) is 11.8 Å². The molecule has 0 saturated carbocycles. The Labute approximate surface area is 122 Å². The second kappa shape index (κ2) is 6.65. The molecule has 0 saturated heterocycles. The molecule has 1 amide bonds. The van der Waals surface area contributed by atoms with E-state index in [9.17, 15) is 4.79 Å². The highest BCUT2D eigenvalue weighted by molar-refractivity contribution is 8.01. The second-order valence-corrected chi connectivity index (χ2v) is 6.04. The summed E-state index contributed by atoms with van der Waals surface area (Å²) in [5.41, 5.74) is 6.82. The Kier molecular flexibility index (Phi) is 4.89. The fourth-order valence-electron chi connectivity index (χ4n) is 2.25. The normalized spacial score (nSPS) is 19.4. The van der Waals surface area contributed by atoms with E-state index in [1.807, 2.05) is 31.2 Å². The van der Waals surface area contributed by atoms with Gasteiger partial charge in [-0.25, -0.2) is 0 Å². The van der Waals surface area contributed by atoms with E-state index in [2.05, 4.69) is 10.5 Å². The first kappa shape index (κ1) is 14.7. The van der Waals surface area contributed by atoms with Gasteiger partial charge in [0, 0.05) is 4.90 Å². The number of carbonyl (C=O) groups excluding carboxylic acids is 1. The summed E-state index contributed by atoms with van der Waals surface area (Å²) in [6, 6.07) is 7.63. The van der Waals surface area contributed by atoms with Gasteiger partial charge in [0.1, 0.15) is 0 Å². The van der Waals surface area contributed by atoms with Crippen LogP contribution in [0.2, 0.25) is 0 Å². The third-order valence-electron chi connectivity index (χ3n) is 3.31. The number of nitrogens with two attached hydrogens (primary N) is 1. The van der Waals surface area contributed by atoms with Gasteiger partial charge in [0.05, 0.1) is 11.3 Å². The van der Waals surface area contributed by atoms with Gasteiger partial charge in [-0.15, -0.1) is 11.8 Å². The van der Waals surface area contributed by atoms with Crippen LogP contribution in [-0.2, 0) is 11.2 Å². The monoisotopic (exact) mass is 293 g/mol. The molecule has 1 heterocycles. The van der Waals surface area contributed by atoms with Crippen LogP contribution in [0.1, 0.15) is 25.3 Å². The van der Waals surface area contributed by atoms with Crippen molar-refractivity contribution < 1.29 is 10.0 Å². The molecule has 4 N–H and O–H groups in total. The van der Waals surface area contributed by atoms with Gasteiger partial charge < -0.3 is 16.3 Å². The molecule has 6 heteroatoms. The summed E-state index contributed by atoms with van der Waals surface area (Å²) in [5.74, 6) is -0.00281. The molecule has 1 aromatic carbocycles. The molecule has 1 aliphatic heterocycles. The summed E-state index contributed by atoms with van der Waals surface area (Å²) in [6.45, 7) is 1.99. The first-order valence-electron chi connectivity index (χ1n) is 6.68. The molecule has 1 aromatic rings. The van der Waals surface area contributed by atoms with Crippen molar-refractivity contribution in [3.63, 3.8) is 0 Å². The highest BCUT2D eigenvalue weighted by atomic mass is 32.2. The average Bonchev–Trinajstić information content (AvgIpc) is 2.90. The van der Waals surface area contributed by atoms with Gasteiger partial charge in [0.25, 0.3) is 0 Å². The van der Waals surface area contributed by atoms with Gasteiger partial charge in [-0.1, -0.05) is 36.7 Å². The summed E-state index contributed by atoms with van der Waals surface area (Å²) in [6.07, 6.45) is 2.23. The molecule has 108 valence electrons. The number of hydrogen-bond acceptors (Lipinski definition) is 4. The van der Waals surface area contributed by atoms with Crippen molar-refractivity contribution >= 4 is 23.5 Å². The maximum absolute atomic E-state index is 12.3. The van der Waals surface area contributed by atoms with E-state index >= 15 is 0 Å². The standard InChI is InChI=1S/C14H19N3O2S/c1-2-5-10(13(15)17-19)16-14(18)12-8-9-6-3-4-7-11(9)20-12/h3-4,6-7,10,12,19H,2,5,8H2,1H3,(H2,15,17)(H,16,18). The smallest absolute Gasteiger partial charge is 0.234 e. The highest BCUT2D eigenvalue weighted by Gasteiger charge is 2.29. The molecule has 2 atom stereocenters. The minimum Gasteiger partial charge on any atom is -0.409 e. The first-order valence-corrected chi connectivity index (χ1v) is 7.56. The van der Waals surface area contributed by atoms with Crippen molar-refractivity contribution in [2.75, 3.05) is 0 Å². The summed E-state index contributed by atoms with van der Waals surface area (Å²) < 4.78 is 0. The molecule has 0 fully saturated rings. The van der Waals surface area contributed by atoms with E-state index in [0.717, 1.165) is 17.7 Å². The number of rotatable bonds is 5. The van der Waals surface area contributed by atoms with Crippen LogP contribution < -0.4 is 11.1 Å². The molecule has 0 bridgehead atoms. The van der Waals surface area contributed by atoms with Crippen LogP contribution in [0, 0.1) is 0 Å². The number of carbonyl (C=O) groups is 1. The Morgan fingerprint density at radius 3 is 3.00 bits per heavy atom. The van der Waals surface area contributed by atoms with Crippen molar-refractivity contribution in [3.05, 3.63) is 29.8 Å². The molecule has 5 nitrogen and oxygen atoms in total. The second-order valence-electron chi connectivity index (χ2n) is 4.79. The van der Waals surface area contributed by atoms with E-state index in [0.29, 0.717) is 6.42 Å². The minimum atomic E-state index is -0.401. The highest BCUT2D eigenvalue weighted by Crippen LogP contribution is 2.36. The number of benzene rings is 1. The lowest BCUT2D eigenvalue weighted by atomic mass is 10.1. The van der Waals surface area contributed by atoms with E-state index in [1.165, 1.54) is 5.56 Å². The van der Waals surface area contributed by atoms with Crippen molar-refractivity contribution in [1.82, 2.24) is 5.32 Å².